The number of methoxy groups -OCH3 is 1. The third-order valence-corrected chi connectivity index (χ3v) is 6.59. The van der Waals surface area contributed by atoms with Crippen molar-refractivity contribution in [2.45, 2.75) is 12.8 Å². The normalized spacial score (nSPS) is 19.4. The van der Waals surface area contributed by atoms with Crippen LogP contribution >= 0.6 is 34.2 Å². The van der Waals surface area contributed by atoms with Crippen LogP contribution in [0.5, 0.6) is 5.75 Å². The summed E-state index contributed by atoms with van der Waals surface area (Å²) in [4.78, 5) is 19.8. The van der Waals surface area contributed by atoms with E-state index in [-0.39, 0.29) is 5.91 Å². The summed E-state index contributed by atoms with van der Waals surface area (Å²) >= 11 is 8.35. The number of ether oxygens (including phenoxy) is 1. The average molecular weight is 478 g/mol. The molecule has 1 aromatic carbocycles. The van der Waals surface area contributed by atoms with Crippen LogP contribution in [0.4, 0.5) is 0 Å². The Bertz CT molecular complexity index is 615. The molecule has 0 atom stereocenters. The molecule has 5 nitrogen and oxygen atoms in total. The molecular weight excluding hydrogens is 453 g/mol. The number of amides is 1. The molecule has 0 saturated carbocycles. The van der Waals surface area contributed by atoms with Crippen molar-refractivity contribution in [1.29, 1.82) is 0 Å². The smallest absolute Gasteiger partial charge is 0.257 e. The van der Waals surface area contributed by atoms with E-state index in [0.29, 0.717) is 16.3 Å². The van der Waals surface area contributed by atoms with Gasteiger partial charge >= 0.3 is 0 Å². The molecule has 0 aliphatic carbocycles. The SMILES string of the molecule is COc1cc(I)c(Cl)cc1C(=O)N1CCN(CCN2CCCC2)CC1. The zero-order valence-corrected chi connectivity index (χ0v) is 17.6. The van der Waals surface area contributed by atoms with E-state index in [1.807, 2.05) is 11.0 Å². The highest BCUT2D eigenvalue weighted by molar-refractivity contribution is 14.1. The van der Waals surface area contributed by atoms with Gasteiger partial charge in [-0.25, -0.2) is 0 Å². The summed E-state index contributed by atoms with van der Waals surface area (Å²) in [5, 5.41) is 0.592. The Morgan fingerprint density at radius 2 is 1.68 bits per heavy atom. The van der Waals surface area contributed by atoms with Crippen molar-refractivity contribution in [3.05, 3.63) is 26.3 Å². The lowest BCUT2D eigenvalue weighted by atomic mass is 10.1. The molecule has 2 fully saturated rings. The van der Waals surface area contributed by atoms with Gasteiger partial charge in [0.1, 0.15) is 5.75 Å². The maximum Gasteiger partial charge on any atom is 0.257 e. The first-order chi connectivity index (χ1) is 12.1. The number of carbonyl (C=O) groups is 1. The Hall–Kier alpha value is -0.570. The van der Waals surface area contributed by atoms with Gasteiger partial charge in [0.2, 0.25) is 0 Å². The highest BCUT2D eigenvalue weighted by atomic mass is 127. The third kappa shape index (κ3) is 4.78. The fourth-order valence-corrected chi connectivity index (χ4v) is 4.10. The summed E-state index contributed by atoms with van der Waals surface area (Å²) in [5.74, 6) is 0.601. The van der Waals surface area contributed by atoms with Crippen LogP contribution in [-0.2, 0) is 0 Å². The molecule has 0 unspecified atom stereocenters. The number of rotatable bonds is 5. The van der Waals surface area contributed by atoms with Crippen LogP contribution in [0.25, 0.3) is 0 Å². The maximum absolute atomic E-state index is 12.9. The molecule has 0 radical (unpaired) electrons. The number of hydrogen-bond donors (Lipinski definition) is 0. The molecule has 2 aliphatic rings. The Labute approximate surface area is 168 Å². The second kappa shape index (κ2) is 8.88. The number of hydrogen-bond acceptors (Lipinski definition) is 4. The number of nitrogens with zero attached hydrogens (tertiary/aromatic N) is 3. The van der Waals surface area contributed by atoms with Gasteiger partial charge in [0.15, 0.2) is 0 Å². The first-order valence-corrected chi connectivity index (χ1v) is 10.3. The van der Waals surface area contributed by atoms with E-state index < -0.39 is 0 Å². The van der Waals surface area contributed by atoms with E-state index in [9.17, 15) is 4.79 Å². The van der Waals surface area contributed by atoms with Crippen LogP contribution in [0.2, 0.25) is 5.02 Å². The summed E-state index contributed by atoms with van der Waals surface area (Å²) in [6.07, 6.45) is 2.67. The van der Waals surface area contributed by atoms with E-state index in [2.05, 4.69) is 32.4 Å². The Morgan fingerprint density at radius 3 is 2.28 bits per heavy atom. The number of benzene rings is 1. The summed E-state index contributed by atoms with van der Waals surface area (Å²) in [7, 11) is 1.59. The largest absolute Gasteiger partial charge is 0.496 e. The lowest BCUT2D eigenvalue weighted by Gasteiger charge is -2.35. The quantitative estimate of drug-likeness (QED) is 0.611. The monoisotopic (exact) mass is 477 g/mol. The number of halogens is 2. The molecule has 2 heterocycles. The molecular formula is C18H25ClIN3O2. The summed E-state index contributed by atoms with van der Waals surface area (Å²) in [6.45, 7) is 8.10. The number of likely N-dealkylation sites (tertiary alicyclic amines) is 1. The van der Waals surface area contributed by atoms with E-state index >= 15 is 0 Å². The van der Waals surface area contributed by atoms with Gasteiger partial charge in [-0.1, -0.05) is 11.6 Å². The van der Waals surface area contributed by atoms with Crippen LogP contribution in [0.1, 0.15) is 23.2 Å². The Morgan fingerprint density at radius 1 is 1.08 bits per heavy atom. The van der Waals surface area contributed by atoms with E-state index in [1.165, 1.54) is 25.9 Å². The second-order valence-corrected chi connectivity index (χ2v) is 8.22. The minimum absolute atomic E-state index is 0.00865. The molecule has 138 valence electrons. The van der Waals surface area contributed by atoms with Crippen LogP contribution in [-0.4, -0.2) is 80.1 Å². The lowest BCUT2D eigenvalue weighted by molar-refractivity contribution is 0.0623. The van der Waals surface area contributed by atoms with Crippen LogP contribution in [0.3, 0.4) is 0 Å². The molecule has 3 rings (SSSR count). The predicted octanol–water partition coefficient (Wildman–Crippen LogP) is 2.81. The molecule has 0 aromatic heterocycles. The average Bonchev–Trinajstić information content (AvgIpc) is 3.15. The van der Waals surface area contributed by atoms with Gasteiger partial charge in [0, 0.05) is 42.8 Å². The minimum atomic E-state index is 0.00865. The molecule has 2 aliphatic heterocycles. The molecule has 1 aromatic rings. The van der Waals surface area contributed by atoms with Crippen molar-refractivity contribution in [2.24, 2.45) is 0 Å². The minimum Gasteiger partial charge on any atom is -0.496 e. The maximum atomic E-state index is 12.9. The van der Waals surface area contributed by atoms with Crippen LogP contribution in [0.15, 0.2) is 12.1 Å². The van der Waals surface area contributed by atoms with Crippen molar-refractivity contribution in [2.75, 3.05) is 59.5 Å². The Balaban J connectivity index is 1.55. The predicted molar refractivity (Wildman–Crippen MR) is 109 cm³/mol. The van der Waals surface area contributed by atoms with E-state index in [4.69, 9.17) is 16.3 Å². The van der Waals surface area contributed by atoms with Crippen molar-refractivity contribution >= 4 is 40.1 Å². The first kappa shape index (κ1) is 19.2. The van der Waals surface area contributed by atoms with Crippen molar-refractivity contribution in [1.82, 2.24) is 14.7 Å². The van der Waals surface area contributed by atoms with Gasteiger partial charge in [-0.15, -0.1) is 0 Å². The van der Waals surface area contributed by atoms with Gasteiger partial charge in [-0.2, -0.15) is 0 Å². The third-order valence-electron chi connectivity index (χ3n) is 5.06. The summed E-state index contributed by atoms with van der Waals surface area (Å²) < 4.78 is 6.27. The van der Waals surface area contributed by atoms with Crippen molar-refractivity contribution in [3.8, 4) is 5.75 Å². The lowest BCUT2D eigenvalue weighted by Crippen LogP contribution is -2.50. The van der Waals surface area contributed by atoms with Gasteiger partial charge < -0.3 is 14.5 Å². The molecule has 1 amide bonds. The first-order valence-electron chi connectivity index (χ1n) is 8.85. The molecule has 2 saturated heterocycles. The molecule has 0 spiro atoms. The second-order valence-electron chi connectivity index (χ2n) is 6.65. The fourth-order valence-electron chi connectivity index (χ4n) is 3.50. The van der Waals surface area contributed by atoms with Gasteiger partial charge in [-0.05, 0) is 60.7 Å². The van der Waals surface area contributed by atoms with Gasteiger partial charge in [0.05, 0.1) is 17.7 Å². The van der Waals surface area contributed by atoms with E-state index in [0.717, 1.165) is 42.8 Å². The van der Waals surface area contributed by atoms with Crippen LogP contribution in [0, 0.1) is 3.57 Å². The van der Waals surface area contributed by atoms with Gasteiger partial charge in [0.25, 0.3) is 5.91 Å². The highest BCUT2D eigenvalue weighted by Gasteiger charge is 2.25. The molecule has 0 bridgehead atoms. The zero-order valence-electron chi connectivity index (χ0n) is 14.6. The van der Waals surface area contributed by atoms with Crippen molar-refractivity contribution < 1.29 is 9.53 Å². The standard InChI is InChI=1S/C18H25ClIN3O2/c1-25-17-13-16(20)15(19)12-14(17)18(24)23-10-8-22(9-11-23)7-6-21-4-2-3-5-21/h12-13H,2-11H2,1H3. The zero-order chi connectivity index (χ0) is 17.8. The summed E-state index contributed by atoms with van der Waals surface area (Å²) in [5.41, 5.74) is 0.554. The van der Waals surface area contributed by atoms with Gasteiger partial charge in [-0.3, -0.25) is 9.69 Å². The summed E-state index contributed by atoms with van der Waals surface area (Å²) in [6, 6.07) is 3.55. The number of carbonyl (C=O) groups excluding carboxylic acids is 1. The Kier molecular flexibility index (Phi) is 6.82. The van der Waals surface area contributed by atoms with Crippen molar-refractivity contribution in [3.63, 3.8) is 0 Å². The molecule has 7 heteroatoms. The van der Waals surface area contributed by atoms with E-state index in [1.54, 1.807) is 13.2 Å². The topological polar surface area (TPSA) is 36.0 Å². The van der Waals surface area contributed by atoms with Crippen LogP contribution < -0.4 is 4.74 Å². The molecule has 25 heavy (non-hydrogen) atoms. The number of piperazine rings is 1. The highest BCUT2D eigenvalue weighted by Crippen LogP contribution is 2.29. The molecule has 0 N–H and O–H groups in total. The fraction of sp³-hybridized carbons (Fsp3) is 0.611.